The number of likely N-dealkylation sites (tertiary alicyclic amines) is 1. The molecule has 3 aliphatic heterocycles. The lowest BCUT2D eigenvalue weighted by Crippen LogP contribution is -2.79. The van der Waals surface area contributed by atoms with Crippen molar-refractivity contribution in [2.75, 3.05) is 26.3 Å². The van der Waals surface area contributed by atoms with Gasteiger partial charge >= 0.3 is 0 Å². The van der Waals surface area contributed by atoms with Crippen molar-refractivity contribution in [1.82, 2.24) is 4.90 Å². The van der Waals surface area contributed by atoms with Crippen molar-refractivity contribution in [2.45, 2.75) is 67.5 Å². The molecule has 4 atom stereocenters. The molecule has 7 rings (SSSR count). The summed E-state index contributed by atoms with van der Waals surface area (Å²) in [5.74, 6) is -0.0402. The Morgan fingerprint density at radius 3 is 2.73 bits per heavy atom. The highest BCUT2D eigenvalue weighted by atomic mass is 16.8. The van der Waals surface area contributed by atoms with E-state index in [1.54, 1.807) is 6.07 Å². The molecule has 3 heterocycles. The zero-order valence-electron chi connectivity index (χ0n) is 17.1. The predicted molar refractivity (Wildman–Crippen MR) is 106 cm³/mol. The lowest BCUT2D eigenvalue weighted by atomic mass is 9.48. The van der Waals surface area contributed by atoms with Gasteiger partial charge in [-0.25, -0.2) is 0 Å². The number of carbonyl (C=O) groups excluding carboxylic acids is 1. The Morgan fingerprint density at radius 1 is 1.20 bits per heavy atom. The van der Waals surface area contributed by atoms with Gasteiger partial charge in [-0.1, -0.05) is 6.07 Å². The summed E-state index contributed by atoms with van der Waals surface area (Å²) >= 11 is 0. The largest absolute Gasteiger partial charge is 0.483 e. The summed E-state index contributed by atoms with van der Waals surface area (Å²) in [4.78, 5) is 14.8. The second-order valence-electron chi connectivity index (χ2n) is 10.2. The molecule has 0 aromatic heterocycles. The Hall–Kier alpha value is -1.67. The Labute approximate surface area is 175 Å². The number of nitrogens with zero attached hydrogens (tertiary/aromatic N) is 1. The molecule has 6 aliphatic rings. The van der Waals surface area contributed by atoms with E-state index in [-0.39, 0.29) is 6.04 Å². The first kappa shape index (κ1) is 18.0. The molecule has 4 fully saturated rings. The van der Waals surface area contributed by atoms with Gasteiger partial charge < -0.3 is 25.1 Å². The van der Waals surface area contributed by atoms with Crippen LogP contribution in [-0.4, -0.2) is 65.8 Å². The van der Waals surface area contributed by atoms with Gasteiger partial charge in [0, 0.05) is 24.6 Å². The molecule has 2 spiro atoms. The van der Waals surface area contributed by atoms with Gasteiger partial charge in [-0.3, -0.25) is 9.69 Å². The number of carbonyl (C=O) groups is 1. The quantitative estimate of drug-likeness (QED) is 0.772. The molecule has 2 saturated carbocycles. The molecule has 7 heteroatoms. The minimum atomic E-state index is -0.931. The van der Waals surface area contributed by atoms with Gasteiger partial charge in [0.1, 0.15) is 5.75 Å². The molecular formula is C23H28N2O5. The fourth-order valence-electron chi connectivity index (χ4n) is 7.41. The van der Waals surface area contributed by atoms with E-state index in [9.17, 15) is 9.90 Å². The lowest BCUT2D eigenvalue weighted by molar-refractivity contribution is -0.296. The van der Waals surface area contributed by atoms with Crippen LogP contribution in [0, 0.1) is 5.92 Å². The summed E-state index contributed by atoms with van der Waals surface area (Å²) < 4.78 is 18.9. The molecule has 3 N–H and O–H groups in total. The summed E-state index contributed by atoms with van der Waals surface area (Å²) in [5.41, 5.74) is 6.71. The fraction of sp³-hybridized carbons (Fsp3) is 0.696. The first-order chi connectivity index (χ1) is 14.5. The number of hydrogen-bond donors (Lipinski definition) is 2. The van der Waals surface area contributed by atoms with Crippen LogP contribution >= 0.6 is 0 Å². The summed E-state index contributed by atoms with van der Waals surface area (Å²) in [7, 11) is 0. The number of hydrogen-bond acceptors (Lipinski definition) is 6. The normalized spacial score (nSPS) is 40.3. The van der Waals surface area contributed by atoms with E-state index in [0.717, 1.165) is 37.4 Å². The van der Waals surface area contributed by atoms with Crippen molar-refractivity contribution < 1.29 is 24.1 Å². The van der Waals surface area contributed by atoms with Gasteiger partial charge in [-0.2, -0.15) is 0 Å². The number of ether oxygens (including phenoxy) is 3. The zero-order valence-corrected chi connectivity index (χ0v) is 17.1. The van der Waals surface area contributed by atoms with Crippen LogP contribution in [0.1, 0.15) is 53.6 Å². The highest BCUT2D eigenvalue weighted by Crippen LogP contribution is 2.67. The topological polar surface area (TPSA) is 94.3 Å². The number of primary amides is 1. The Bertz CT molecular complexity index is 955. The third kappa shape index (κ3) is 1.94. The molecule has 1 amide bonds. The maximum Gasteiger partial charge on any atom is 0.252 e. The van der Waals surface area contributed by atoms with Crippen LogP contribution in [0.2, 0.25) is 0 Å². The van der Waals surface area contributed by atoms with Gasteiger partial charge in [0.15, 0.2) is 6.10 Å². The van der Waals surface area contributed by atoms with Crippen LogP contribution in [0.15, 0.2) is 12.1 Å². The first-order valence-electron chi connectivity index (χ1n) is 11.4. The Morgan fingerprint density at radius 2 is 2.00 bits per heavy atom. The minimum Gasteiger partial charge on any atom is -0.483 e. The molecule has 3 aliphatic carbocycles. The number of piperidine rings is 1. The molecule has 1 aromatic rings. The second-order valence-corrected chi connectivity index (χ2v) is 10.2. The monoisotopic (exact) mass is 412 g/mol. The van der Waals surface area contributed by atoms with E-state index in [1.165, 1.54) is 18.4 Å². The lowest BCUT2D eigenvalue weighted by Gasteiger charge is -2.65. The van der Waals surface area contributed by atoms with Crippen LogP contribution in [0.3, 0.4) is 0 Å². The van der Waals surface area contributed by atoms with E-state index in [2.05, 4.69) is 4.90 Å². The zero-order chi connectivity index (χ0) is 20.3. The highest BCUT2D eigenvalue weighted by molar-refractivity contribution is 5.97. The van der Waals surface area contributed by atoms with Gasteiger partial charge in [0.05, 0.1) is 29.8 Å². The molecule has 2 unspecified atom stereocenters. The molecule has 0 radical (unpaired) electrons. The van der Waals surface area contributed by atoms with E-state index in [4.69, 9.17) is 19.9 Å². The van der Waals surface area contributed by atoms with Crippen molar-refractivity contribution in [1.29, 1.82) is 0 Å². The fourth-order valence-corrected chi connectivity index (χ4v) is 7.41. The third-order valence-electron chi connectivity index (χ3n) is 8.83. The van der Waals surface area contributed by atoms with Crippen molar-refractivity contribution in [3.63, 3.8) is 0 Å². The summed E-state index contributed by atoms with van der Waals surface area (Å²) in [5, 5.41) is 12.4. The molecule has 7 nitrogen and oxygen atoms in total. The van der Waals surface area contributed by atoms with Gasteiger partial charge in [0.25, 0.3) is 5.91 Å². The average molecular weight is 412 g/mol. The first-order valence-corrected chi connectivity index (χ1v) is 11.4. The third-order valence-corrected chi connectivity index (χ3v) is 8.83. The predicted octanol–water partition coefficient (Wildman–Crippen LogP) is 1.09. The Kier molecular flexibility index (Phi) is 3.33. The molecule has 30 heavy (non-hydrogen) atoms. The van der Waals surface area contributed by atoms with Crippen LogP contribution < -0.4 is 10.5 Å². The molecule has 160 valence electrons. The van der Waals surface area contributed by atoms with Crippen molar-refractivity contribution in [3.8, 4) is 5.75 Å². The van der Waals surface area contributed by atoms with Crippen LogP contribution in [0.4, 0.5) is 0 Å². The molecule has 2 bridgehead atoms. The van der Waals surface area contributed by atoms with E-state index in [0.29, 0.717) is 37.4 Å². The van der Waals surface area contributed by atoms with E-state index >= 15 is 0 Å². The highest BCUT2D eigenvalue weighted by Gasteiger charge is 2.77. The van der Waals surface area contributed by atoms with Crippen LogP contribution in [0.5, 0.6) is 5.75 Å². The van der Waals surface area contributed by atoms with Crippen molar-refractivity contribution in [2.24, 2.45) is 11.7 Å². The van der Waals surface area contributed by atoms with E-state index in [1.807, 2.05) is 6.07 Å². The smallest absolute Gasteiger partial charge is 0.252 e. The van der Waals surface area contributed by atoms with Gasteiger partial charge in [-0.05, 0) is 56.2 Å². The number of fused-ring (bicyclic) bond motifs is 1. The number of aliphatic hydroxyl groups is 1. The maximum atomic E-state index is 12.4. The van der Waals surface area contributed by atoms with E-state index < -0.39 is 28.8 Å². The number of rotatable bonds is 3. The molecule has 1 aromatic carbocycles. The van der Waals surface area contributed by atoms with Crippen molar-refractivity contribution in [3.05, 3.63) is 28.8 Å². The number of amides is 1. The van der Waals surface area contributed by atoms with Gasteiger partial charge in [0.2, 0.25) is 5.79 Å². The SMILES string of the molecule is NC(=O)c1ccc2c3c1OC1C4(CCC5(O)[C@@H](C2)N(CC2CC2)CC[C@]315)OCCO4. The molecular weight excluding hydrogens is 384 g/mol. The summed E-state index contributed by atoms with van der Waals surface area (Å²) in [6, 6.07) is 3.87. The standard InChI is InChI=1S/C23H28N2O5/c24-19(26)15-4-3-14-11-16-22(27)5-6-23(28-9-10-29-23)20-21(22,17(14)18(15)30-20)7-8-25(16)12-13-1-2-13/h3-4,13,16,20,27H,1-2,5-12H2,(H2,24,26)/t16-,20?,21+,22?/m1/s1. The molecule has 2 saturated heterocycles. The summed E-state index contributed by atoms with van der Waals surface area (Å²) in [6.45, 7) is 3.03. The van der Waals surface area contributed by atoms with Gasteiger partial charge in [-0.15, -0.1) is 0 Å². The van der Waals surface area contributed by atoms with Crippen molar-refractivity contribution >= 4 is 5.91 Å². The second kappa shape index (κ2) is 5.57. The Balaban J connectivity index is 1.46. The maximum absolute atomic E-state index is 12.4. The number of benzene rings is 1. The minimum absolute atomic E-state index is 0.0505. The van der Waals surface area contributed by atoms with Crippen LogP contribution in [-0.2, 0) is 21.3 Å². The number of nitrogens with two attached hydrogens (primary N) is 1. The van der Waals surface area contributed by atoms with Crippen LogP contribution in [0.25, 0.3) is 0 Å². The average Bonchev–Trinajstić information content (AvgIpc) is 3.28. The summed E-state index contributed by atoms with van der Waals surface area (Å²) in [6.07, 6.45) is 4.88.